The van der Waals surface area contributed by atoms with Crippen molar-refractivity contribution in [1.29, 1.82) is 0 Å². The van der Waals surface area contributed by atoms with Gasteiger partial charge >= 0.3 is 0 Å². The summed E-state index contributed by atoms with van der Waals surface area (Å²) in [5, 5.41) is 4.26. The molecule has 0 aliphatic carbocycles. The molecule has 0 spiro atoms. The van der Waals surface area contributed by atoms with Crippen molar-refractivity contribution in [3.63, 3.8) is 0 Å². The molecule has 13 heavy (non-hydrogen) atoms. The molecule has 68 valence electrons. The SMILES string of the molecule is Cc1ccn2nc(CCCl)nc2c1. The van der Waals surface area contributed by atoms with Gasteiger partial charge in [0.15, 0.2) is 11.5 Å². The number of pyridine rings is 1. The zero-order valence-electron chi connectivity index (χ0n) is 7.37. The summed E-state index contributed by atoms with van der Waals surface area (Å²) in [5.41, 5.74) is 2.08. The molecule has 3 nitrogen and oxygen atoms in total. The van der Waals surface area contributed by atoms with Crippen molar-refractivity contribution in [2.45, 2.75) is 13.3 Å². The normalized spacial score (nSPS) is 10.9. The molecule has 0 N–H and O–H groups in total. The van der Waals surface area contributed by atoms with Crippen molar-refractivity contribution in [1.82, 2.24) is 14.6 Å². The van der Waals surface area contributed by atoms with Crippen LogP contribution in [-0.2, 0) is 6.42 Å². The fourth-order valence-corrected chi connectivity index (χ4v) is 1.39. The summed E-state index contributed by atoms with van der Waals surface area (Å²) >= 11 is 5.61. The highest BCUT2D eigenvalue weighted by molar-refractivity contribution is 6.17. The van der Waals surface area contributed by atoms with Crippen LogP contribution >= 0.6 is 11.6 Å². The molecule has 0 bridgehead atoms. The average molecular weight is 196 g/mol. The Kier molecular flexibility index (Phi) is 2.19. The summed E-state index contributed by atoms with van der Waals surface area (Å²) in [6, 6.07) is 4.01. The van der Waals surface area contributed by atoms with Crippen molar-refractivity contribution in [2.75, 3.05) is 5.88 Å². The van der Waals surface area contributed by atoms with Gasteiger partial charge in [0.2, 0.25) is 0 Å². The van der Waals surface area contributed by atoms with Crippen molar-refractivity contribution >= 4 is 17.2 Å². The van der Waals surface area contributed by atoms with Gasteiger partial charge < -0.3 is 0 Å². The van der Waals surface area contributed by atoms with Crippen LogP contribution in [0.5, 0.6) is 0 Å². The number of aryl methyl sites for hydroxylation is 2. The molecular weight excluding hydrogens is 186 g/mol. The van der Waals surface area contributed by atoms with Crippen molar-refractivity contribution in [3.8, 4) is 0 Å². The molecule has 0 aliphatic heterocycles. The maximum atomic E-state index is 5.61. The lowest BCUT2D eigenvalue weighted by Crippen LogP contribution is -1.90. The highest BCUT2D eigenvalue weighted by Gasteiger charge is 2.01. The highest BCUT2D eigenvalue weighted by Crippen LogP contribution is 2.05. The van der Waals surface area contributed by atoms with Crippen molar-refractivity contribution in [2.24, 2.45) is 0 Å². The standard InChI is InChI=1S/C9H10ClN3/c1-7-3-5-13-9(6-7)11-8(12-13)2-4-10/h3,5-6H,2,4H2,1H3. The number of hydrogen-bond donors (Lipinski definition) is 0. The van der Waals surface area contributed by atoms with Gasteiger partial charge in [-0.25, -0.2) is 9.50 Å². The van der Waals surface area contributed by atoms with Crippen LogP contribution in [0.1, 0.15) is 11.4 Å². The molecule has 0 amide bonds. The van der Waals surface area contributed by atoms with E-state index < -0.39 is 0 Å². The number of nitrogens with zero attached hydrogens (tertiary/aromatic N) is 3. The van der Waals surface area contributed by atoms with Gasteiger partial charge in [0, 0.05) is 18.5 Å². The van der Waals surface area contributed by atoms with Gasteiger partial charge in [0.1, 0.15) is 0 Å². The van der Waals surface area contributed by atoms with E-state index in [-0.39, 0.29) is 0 Å². The zero-order chi connectivity index (χ0) is 9.26. The summed E-state index contributed by atoms with van der Waals surface area (Å²) in [4.78, 5) is 4.33. The van der Waals surface area contributed by atoms with E-state index in [2.05, 4.69) is 10.1 Å². The van der Waals surface area contributed by atoms with Gasteiger partial charge in [-0.3, -0.25) is 0 Å². The maximum absolute atomic E-state index is 5.61. The second-order valence-electron chi connectivity index (χ2n) is 2.97. The number of hydrogen-bond acceptors (Lipinski definition) is 2. The van der Waals surface area contributed by atoms with E-state index in [4.69, 9.17) is 11.6 Å². The van der Waals surface area contributed by atoms with E-state index in [0.29, 0.717) is 5.88 Å². The van der Waals surface area contributed by atoms with Crippen LogP contribution in [0, 0.1) is 6.92 Å². The molecule has 0 fully saturated rings. The largest absolute Gasteiger partial charge is 0.221 e. The van der Waals surface area contributed by atoms with Gasteiger partial charge in [-0.2, -0.15) is 5.10 Å². The second kappa shape index (κ2) is 3.34. The summed E-state index contributed by atoms with van der Waals surface area (Å²) in [6.07, 6.45) is 2.64. The lowest BCUT2D eigenvalue weighted by atomic mass is 10.3. The van der Waals surface area contributed by atoms with Gasteiger partial charge in [0.05, 0.1) is 0 Å². The number of halogens is 1. The maximum Gasteiger partial charge on any atom is 0.155 e. The first-order valence-corrected chi connectivity index (χ1v) is 4.71. The lowest BCUT2D eigenvalue weighted by molar-refractivity contribution is 0.887. The summed E-state index contributed by atoms with van der Waals surface area (Å²) in [6.45, 7) is 2.04. The number of alkyl halides is 1. The van der Waals surface area contributed by atoms with Crippen LogP contribution in [0.3, 0.4) is 0 Å². The molecule has 4 heteroatoms. The molecule has 0 saturated carbocycles. The molecular formula is C9H10ClN3. The molecule has 0 atom stereocenters. The molecule has 0 unspecified atom stereocenters. The second-order valence-corrected chi connectivity index (χ2v) is 3.35. The van der Waals surface area contributed by atoms with E-state index in [1.54, 1.807) is 4.52 Å². The molecule has 2 heterocycles. The van der Waals surface area contributed by atoms with Gasteiger partial charge in [-0.1, -0.05) is 0 Å². The first-order chi connectivity index (χ1) is 6.29. The molecule has 2 aromatic rings. The Balaban J connectivity index is 2.49. The van der Waals surface area contributed by atoms with E-state index in [9.17, 15) is 0 Å². The Morgan fingerprint density at radius 2 is 2.38 bits per heavy atom. The van der Waals surface area contributed by atoms with Crippen molar-refractivity contribution in [3.05, 3.63) is 29.7 Å². The van der Waals surface area contributed by atoms with Gasteiger partial charge in [-0.05, 0) is 24.6 Å². The lowest BCUT2D eigenvalue weighted by Gasteiger charge is -1.90. The summed E-state index contributed by atoms with van der Waals surface area (Å²) in [7, 11) is 0. The smallest absolute Gasteiger partial charge is 0.155 e. The Bertz CT molecular complexity index is 422. The van der Waals surface area contributed by atoms with E-state index in [1.807, 2.05) is 25.3 Å². The monoisotopic (exact) mass is 195 g/mol. The zero-order valence-corrected chi connectivity index (χ0v) is 8.12. The number of fused-ring (bicyclic) bond motifs is 1. The minimum absolute atomic E-state index is 0.565. The van der Waals surface area contributed by atoms with E-state index in [0.717, 1.165) is 17.9 Å². The topological polar surface area (TPSA) is 30.2 Å². The minimum atomic E-state index is 0.565. The van der Waals surface area contributed by atoms with Crippen LogP contribution in [0.25, 0.3) is 5.65 Å². The van der Waals surface area contributed by atoms with E-state index >= 15 is 0 Å². The molecule has 2 rings (SSSR count). The highest BCUT2D eigenvalue weighted by atomic mass is 35.5. The molecule has 0 saturated heterocycles. The van der Waals surface area contributed by atoms with Crippen LogP contribution in [-0.4, -0.2) is 20.5 Å². The van der Waals surface area contributed by atoms with Crippen molar-refractivity contribution < 1.29 is 0 Å². The quantitative estimate of drug-likeness (QED) is 0.685. The Labute approximate surface area is 81.4 Å². The third kappa shape index (κ3) is 1.65. The third-order valence-electron chi connectivity index (χ3n) is 1.85. The molecule has 0 aliphatic rings. The molecule has 0 radical (unpaired) electrons. The van der Waals surface area contributed by atoms with Crippen LogP contribution in [0.2, 0.25) is 0 Å². The Morgan fingerprint density at radius 3 is 3.15 bits per heavy atom. The predicted octanol–water partition coefficient (Wildman–Crippen LogP) is 1.82. The fourth-order valence-electron chi connectivity index (χ4n) is 1.22. The van der Waals surface area contributed by atoms with Crippen LogP contribution < -0.4 is 0 Å². The number of aromatic nitrogens is 3. The summed E-state index contributed by atoms with van der Waals surface area (Å²) < 4.78 is 1.77. The summed E-state index contributed by atoms with van der Waals surface area (Å²) in [5.74, 6) is 1.37. The minimum Gasteiger partial charge on any atom is -0.221 e. The van der Waals surface area contributed by atoms with Crippen LogP contribution in [0.4, 0.5) is 0 Å². The van der Waals surface area contributed by atoms with Gasteiger partial charge in [-0.15, -0.1) is 11.6 Å². The Morgan fingerprint density at radius 1 is 1.54 bits per heavy atom. The third-order valence-corrected chi connectivity index (χ3v) is 2.04. The predicted molar refractivity (Wildman–Crippen MR) is 52.1 cm³/mol. The molecule has 2 aromatic heterocycles. The fraction of sp³-hybridized carbons (Fsp3) is 0.333. The van der Waals surface area contributed by atoms with Crippen LogP contribution in [0.15, 0.2) is 18.3 Å². The first kappa shape index (κ1) is 8.51. The Hall–Kier alpha value is -1.09. The van der Waals surface area contributed by atoms with E-state index in [1.165, 1.54) is 5.56 Å². The average Bonchev–Trinajstić information content (AvgIpc) is 2.46. The number of rotatable bonds is 2. The first-order valence-electron chi connectivity index (χ1n) is 4.17. The van der Waals surface area contributed by atoms with Gasteiger partial charge in [0.25, 0.3) is 0 Å². The molecule has 0 aromatic carbocycles.